The highest BCUT2D eigenvalue weighted by atomic mass is 16.6. The number of benzene rings is 1. The number of carbonyl (C=O) groups excluding carboxylic acids is 2. The smallest absolute Gasteiger partial charge is 0.410 e. The summed E-state index contributed by atoms with van der Waals surface area (Å²) in [4.78, 5) is 28.4. The van der Waals surface area contributed by atoms with Crippen LogP contribution in [0.3, 0.4) is 0 Å². The van der Waals surface area contributed by atoms with Gasteiger partial charge in [0.25, 0.3) is 0 Å². The van der Waals surface area contributed by atoms with Crippen molar-refractivity contribution >= 4 is 12.0 Å². The van der Waals surface area contributed by atoms with E-state index in [1.54, 1.807) is 19.1 Å². The molecule has 0 radical (unpaired) electrons. The fourth-order valence-corrected chi connectivity index (χ4v) is 2.98. The minimum atomic E-state index is -0.624. The van der Waals surface area contributed by atoms with Crippen LogP contribution >= 0.6 is 0 Å². The molecule has 1 heterocycles. The number of methoxy groups -OCH3 is 1. The van der Waals surface area contributed by atoms with Crippen LogP contribution in [0, 0.1) is 0 Å². The minimum Gasteiger partial charge on any atom is -0.497 e. The lowest BCUT2D eigenvalue weighted by Gasteiger charge is -2.30. The zero-order valence-corrected chi connectivity index (χ0v) is 17.6. The number of amides is 2. The predicted octanol–water partition coefficient (Wildman–Crippen LogP) is 3.07. The van der Waals surface area contributed by atoms with Gasteiger partial charge in [-0.1, -0.05) is 12.1 Å². The summed E-state index contributed by atoms with van der Waals surface area (Å²) in [7, 11) is 3.33. The van der Waals surface area contributed by atoms with E-state index in [1.807, 2.05) is 45.0 Å². The van der Waals surface area contributed by atoms with E-state index in [4.69, 9.17) is 14.2 Å². The second-order valence-corrected chi connectivity index (χ2v) is 8.10. The molecule has 28 heavy (non-hydrogen) atoms. The van der Waals surface area contributed by atoms with Crippen LogP contribution in [0.2, 0.25) is 0 Å². The third kappa shape index (κ3) is 7.03. The summed E-state index contributed by atoms with van der Waals surface area (Å²) in [5.74, 6) is 0.582. The Balaban J connectivity index is 2.01. The third-order valence-electron chi connectivity index (χ3n) is 4.41. The molecule has 7 nitrogen and oxygen atoms in total. The highest BCUT2D eigenvalue weighted by molar-refractivity contribution is 5.82. The molecule has 156 valence electrons. The lowest BCUT2D eigenvalue weighted by atomic mass is 10.2. The molecule has 2 rings (SSSR count). The molecule has 1 aromatic carbocycles. The SMILES string of the molecule is COc1cccc(CN(C)C(=O)CN(C[C@H]2CCCO2)C(=O)OC(C)(C)C)c1. The maximum atomic E-state index is 12.8. The van der Waals surface area contributed by atoms with Gasteiger partial charge in [-0.05, 0) is 51.3 Å². The quantitative estimate of drug-likeness (QED) is 0.713. The number of rotatable bonds is 7. The molecule has 0 N–H and O–H groups in total. The van der Waals surface area contributed by atoms with E-state index >= 15 is 0 Å². The number of hydrogen-bond acceptors (Lipinski definition) is 5. The molecule has 1 atom stereocenters. The summed E-state index contributed by atoms with van der Waals surface area (Å²) in [5, 5.41) is 0. The second kappa shape index (κ2) is 9.78. The first-order valence-electron chi connectivity index (χ1n) is 9.64. The van der Waals surface area contributed by atoms with Gasteiger partial charge in [-0.25, -0.2) is 4.79 Å². The Kier molecular flexibility index (Phi) is 7.69. The molecule has 1 aromatic rings. The molecular formula is C21H32N2O5. The maximum Gasteiger partial charge on any atom is 0.410 e. The van der Waals surface area contributed by atoms with Crippen LogP contribution in [0.1, 0.15) is 39.2 Å². The van der Waals surface area contributed by atoms with Gasteiger partial charge < -0.3 is 19.1 Å². The summed E-state index contributed by atoms with van der Waals surface area (Å²) in [6, 6.07) is 7.57. The van der Waals surface area contributed by atoms with Gasteiger partial charge in [-0.2, -0.15) is 0 Å². The molecule has 2 amide bonds. The second-order valence-electron chi connectivity index (χ2n) is 8.10. The molecule has 0 saturated carbocycles. The maximum absolute atomic E-state index is 12.8. The summed E-state index contributed by atoms with van der Waals surface area (Å²) < 4.78 is 16.3. The van der Waals surface area contributed by atoms with Crippen molar-refractivity contribution in [1.82, 2.24) is 9.80 Å². The zero-order chi connectivity index (χ0) is 20.7. The van der Waals surface area contributed by atoms with Crippen LogP contribution in [0.15, 0.2) is 24.3 Å². The van der Waals surface area contributed by atoms with E-state index < -0.39 is 11.7 Å². The standard InChI is InChI=1S/C21H32N2O5/c1-21(2,3)28-20(25)23(14-18-10-7-11-27-18)15-19(24)22(4)13-16-8-6-9-17(12-16)26-5/h6,8-9,12,18H,7,10-11,13-15H2,1-5H3/t18-/m1/s1. The Bertz CT molecular complexity index is 665. The first-order valence-corrected chi connectivity index (χ1v) is 9.64. The Morgan fingerprint density at radius 1 is 1.29 bits per heavy atom. The fourth-order valence-electron chi connectivity index (χ4n) is 2.98. The first-order chi connectivity index (χ1) is 13.2. The molecule has 0 aromatic heterocycles. The molecule has 1 aliphatic heterocycles. The van der Waals surface area contributed by atoms with Crippen LogP contribution in [0.5, 0.6) is 5.75 Å². The van der Waals surface area contributed by atoms with Crippen molar-refractivity contribution < 1.29 is 23.8 Å². The van der Waals surface area contributed by atoms with Crippen molar-refractivity contribution in [2.45, 2.75) is 51.9 Å². The number of nitrogens with zero attached hydrogens (tertiary/aromatic N) is 2. The van der Waals surface area contributed by atoms with Crippen molar-refractivity contribution in [2.75, 3.05) is 33.9 Å². The van der Waals surface area contributed by atoms with Crippen LogP contribution in [0.4, 0.5) is 4.79 Å². The number of hydrogen-bond donors (Lipinski definition) is 0. The highest BCUT2D eigenvalue weighted by Crippen LogP contribution is 2.17. The van der Waals surface area contributed by atoms with Gasteiger partial charge in [-0.15, -0.1) is 0 Å². The molecule has 0 spiro atoms. The molecular weight excluding hydrogens is 360 g/mol. The number of carbonyl (C=O) groups is 2. The van der Waals surface area contributed by atoms with E-state index in [9.17, 15) is 9.59 Å². The summed E-state index contributed by atoms with van der Waals surface area (Å²) >= 11 is 0. The Morgan fingerprint density at radius 3 is 2.64 bits per heavy atom. The van der Waals surface area contributed by atoms with E-state index in [1.165, 1.54) is 4.90 Å². The predicted molar refractivity (Wildman–Crippen MR) is 106 cm³/mol. The van der Waals surface area contributed by atoms with Crippen LogP contribution in [-0.2, 0) is 20.8 Å². The minimum absolute atomic E-state index is 0.0464. The molecule has 1 fully saturated rings. The fraction of sp³-hybridized carbons (Fsp3) is 0.619. The molecule has 0 bridgehead atoms. The van der Waals surface area contributed by atoms with Gasteiger partial charge in [0, 0.05) is 20.2 Å². The molecule has 1 aliphatic rings. The van der Waals surface area contributed by atoms with E-state index in [0.717, 1.165) is 24.2 Å². The Hall–Kier alpha value is -2.28. The molecule has 1 saturated heterocycles. The van der Waals surface area contributed by atoms with Gasteiger partial charge in [-0.3, -0.25) is 9.69 Å². The van der Waals surface area contributed by atoms with Crippen molar-refractivity contribution in [3.63, 3.8) is 0 Å². The zero-order valence-electron chi connectivity index (χ0n) is 17.6. The van der Waals surface area contributed by atoms with Crippen molar-refractivity contribution in [2.24, 2.45) is 0 Å². The van der Waals surface area contributed by atoms with E-state index in [0.29, 0.717) is 19.7 Å². The van der Waals surface area contributed by atoms with Crippen LogP contribution in [0.25, 0.3) is 0 Å². The summed E-state index contributed by atoms with van der Waals surface area (Å²) in [5.41, 5.74) is 0.333. The Labute approximate surface area is 167 Å². The molecule has 0 unspecified atom stereocenters. The van der Waals surface area contributed by atoms with Gasteiger partial charge in [0.2, 0.25) is 5.91 Å². The van der Waals surface area contributed by atoms with E-state index in [-0.39, 0.29) is 18.6 Å². The van der Waals surface area contributed by atoms with Crippen LogP contribution in [-0.4, -0.2) is 67.4 Å². The van der Waals surface area contributed by atoms with Crippen molar-refractivity contribution in [3.05, 3.63) is 29.8 Å². The molecule has 0 aliphatic carbocycles. The third-order valence-corrected chi connectivity index (χ3v) is 4.41. The average Bonchev–Trinajstić information content (AvgIpc) is 3.12. The lowest BCUT2D eigenvalue weighted by molar-refractivity contribution is -0.132. The van der Waals surface area contributed by atoms with Crippen LogP contribution < -0.4 is 4.74 Å². The largest absolute Gasteiger partial charge is 0.497 e. The highest BCUT2D eigenvalue weighted by Gasteiger charge is 2.29. The van der Waals surface area contributed by atoms with Gasteiger partial charge in [0.15, 0.2) is 0 Å². The van der Waals surface area contributed by atoms with Gasteiger partial charge in [0.1, 0.15) is 17.9 Å². The Morgan fingerprint density at radius 2 is 2.04 bits per heavy atom. The average molecular weight is 392 g/mol. The van der Waals surface area contributed by atoms with Crippen molar-refractivity contribution in [3.8, 4) is 5.75 Å². The topological polar surface area (TPSA) is 68.3 Å². The van der Waals surface area contributed by atoms with Crippen molar-refractivity contribution in [1.29, 1.82) is 0 Å². The van der Waals surface area contributed by atoms with E-state index in [2.05, 4.69) is 0 Å². The molecule has 7 heteroatoms. The first kappa shape index (κ1) is 22.0. The summed E-state index contributed by atoms with van der Waals surface area (Å²) in [6.45, 7) is 6.86. The summed E-state index contributed by atoms with van der Waals surface area (Å²) in [6.07, 6.45) is 1.30. The van der Waals surface area contributed by atoms with Gasteiger partial charge >= 0.3 is 6.09 Å². The normalized spacial score (nSPS) is 16.5. The van der Waals surface area contributed by atoms with Gasteiger partial charge in [0.05, 0.1) is 19.8 Å². The number of ether oxygens (including phenoxy) is 3. The number of likely N-dealkylation sites (N-methyl/N-ethyl adjacent to an activating group) is 1. The lowest BCUT2D eigenvalue weighted by Crippen LogP contribution is -2.46. The monoisotopic (exact) mass is 392 g/mol.